The number of hydrogen-bond acceptors (Lipinski definition) is 11. The molecule has 4 heterocycles. The Bertz CT molecular complexity index is 1780. The monoisotopic (exact) mass is 684 g/mol. The summed E-state index contributed by atoms with van der Waals surface area (Å²) in [7, 11) is 0. The van der Waals surface area contributed by atoms with Crippen molar-refractivity contribution in [1.29, 1.82) is 0 Å². The summed E-state index contributed by atoms with van der Waals surface area (Å²) in [6, 6.07) is 19.7. The molecule has 6 atom stereocenters. The predicted octanol–water partition coefficient (Wildman–Crippen LogP) is 2.91. The van der Waals surface area contributed by atoms with Crippen molar-refractivity contribution in [3.63, 3.8) is 0 Å². The SMILES string of the molecule is CCN(C(=O)[C@H]1OC[C@@H]2OC(C)(C)O[C@@H]21)n1cnc2c(NCC(c3ccccc3)c3ccccc3)nc(NC3CCC(NC(C)=O)C3O)nc21. The third-order valence-electron chi connectivity index (χ3n) is 9.59. The predicted molar refractivity (Wildman–Crippen MR) is 186 cm³/mol. The van der Waals surface area contributed by atoms with E-state index in [1.165, 1.54) is 11.9 Å². The van der Waals surface area contributed by atoms with Gasteiger partial charge < -0.3 is 35.3 Å². The minimum absolute atomic E-state index is 0.00459. The molecule has 0 spiro atoms. The smallest absolute Gasteiger partial charge is 0.273 e. The second kappa shape index (κ2) is 13.9. The summed E-state index contributed by atoms with van der Waals surface area (Å²) >= 11 is 0. The molecule has 2 aromatic carbocycles. The maximum atomic E-state index is 14.1. The minimum atomic E-state index is -0.868. The number of benzene rings is 2. The van der Waals surface area contributed by atoms with Crippen molar-refractivity contribution in [1.82, 2.24) is 24.9 Å². The van der Waals surface area contributed by atoms with Gasteiger partial charge in [-0.25, -0.2) is 14.7 Å². The Morgan fingerprint density at radius 1 is 1.02 bits per heavy atom. The van der Waals surface area contributed by atoms with Crippen LogP contribution in [0.2, 0.25) is 0 Å². The van der Waals surface area contributed by atoms with Crippen LogP contribution in [-0.2, 0) is 23.8 Å². The highest BCUT2D eigenvalue weighted by atomic mass is 16.8. The highest BCUT2D eigenvalue weighted by Crippen LogP contribution is 2.36. The van der Waals surface area contributed by atoms with Crippen LogP contribution in [0.4, 0.5) is 11.8 Å². The van der Waals surface area contributed by atoms with Crippen molar-refractivity contribution in [3.05, 3.63) is 78.1 Å². The second-order valence-electron chi connectivity index (χ2n) is 13.5. The Labute approximate surface area is 290 Å². The molecule has 0 radical (unpaired) electrons. The maximum absolute atomic E-state index is 14.1. The number of fused-ring (bicyclic) bond motifs is 2. The number of imidazole rings is 1. The Morgan fingerprint density at radius 2 is 1.70 bits per heavy atom. The van der Waals surface area contributed by atoms with Crippen molar-refractivity contribution < 1.29 is 28.9 Å². The van der Waals surface area contributed by atoms with Crippen LogP contribution in [0.15, 0.2) is 67.0 Å². The fourth-order valence-corrected chi connectivity index (χ4v) is 7.29. The molecule has 14 heteroatoms. The number of aliphatic hydroxyl groups excluding tert-OH is 1. The zero-order chi connectivity index (χ0) is 35.0. The summed E-state index contributed by atoms with van der Waals surface area (Å²) in [4.78, 5) is 40.2. The number of hydrogen-bond donors (Lipinski definition) is 4. The first-order chi connectivity index (χ1) is 24.1. The molecule has 7 rings (SSSR count). The molecule has 4 N–H and O–H groups in total. The van der Waals surface area contributed by atoms with E-state index in [-0.39, 0.29) is 42.4 Å². The van der Waals surface area contributed by atoms with Gasteiger partial charge in [0.1, 0.15) is 18.5 Å². The number of carbonyl (C=O) groups excluding carboxylic acids is 2. The molecule has 3 fully saturated rings. The third kappa shape index (κ3) is 6.75. The Kier molecular flexibility index (Phi) is 9.44. The van der Waals surface area contributed by atoms with Gasteiger partial charge in [0.25, 0.3) is 5.91 Å². The molecule has 14 nitrogen and oxygen atoms in total. The zero-order valence-electron chi connectivity index (χ0n) is 28.7. The average molecular weight is 685 g/mol. The molecule has 0 bridgehead atoms. The van der Waals surface area contributed by atoms with Crippen LogP contribution in [0.1, 0.15) is 57.6 Å². The molecule has 2 amide bonds. The van der Waals surface area contributed by atoms with Gasteiger partial charge in [-0.3, -0.25) is 9.59 Å². The van der Waals surface area contributed by atoms with Crippen LogP contribution >= 0.6 is 0 Å². The number of aromatic nitrogens is 4. The molecular formula is C36H44N8O6. The summed E-state index contributed by atoms with van der Waals surface area (Å²) in [5.74, 6) is -0.606. The van der Waals surface area contributed by atoms with E-state index in [0.29, 0.717) is 42.9 Å². The zero-order valence-corrected chi connectivity index (χ0v) is 28.7. The lowest BCUT2D eigenvalue weighted by Gasteiger charge is -2.27. The van der Waals surface area contributed by atoms with Gasteiger partial charge in [0.05, 0.1) is 24.8 Å². The Morgan fingerprint density at radius 3 is 2.36 bits per heavy atom. The molecule has 3 aliphatic rings. The normalized spacial score (nSPS) is 25.5. The first-order valence-electron chi connectivity index (χ1n) is 17.2. The number of carbonyl (C=O) groups is 2. The lowest BCUT2D eigenvalue weighted by Crippen LogP contribution is -2.50. The van der Waals surface area contributed by atoms with Crippen molar-refractivity contribution in [2.45, 2.75) is 88.7 Å². The van der Waals surface area contributed by atoms with Gasteiger partial charge in [-0.05, 0) is 44.7 Å². The van der Waals surface area contributed by atoms with Crippen LogP contribution < -0.4 is 21.0 Å². The van der Waals surface area contributed by atoms with Crippen molar-refractivity contribution in [2.75, 3.05) is 35.3 Å². The Balaban J connectivity index is 1.23. The van der Waals surface area contributed by atoms with Gasteiger partial charge in [0.15, 0.2) is 28.9 Å². The van der Waals surface area contributed by atoms with Gasteiger partial charge in [-0.2, -0.15) is 9.97 Å². The maximum Gasteiger partial charge on any atom is 0.273 e. The van der Waals surface area contributed by atoms with Crippen molar-refractivity contribution >= 4 is 34.7 Å². The van der Waals surface area contributed by atoms with Crippen molar-refractivity contribution in [3.8, 4) is 0 Å². The van der Waals surface area contributed by atoms with E-state index in [1.807, 2.05) is 57.2 Å². The molecule has 3 unspecified atom stereocenters. The standard InChI is InChI=1S/C36H44N8O6/c1-5-43(34(47)31-30-27(19-48-31)49-36(3,4)50-30)44-20-38-28-32(37-18-24(22-12-8-6-9-13-22)23-14-10-7-11-15-23)41-35(42-33(28)44)40-26-17-16-25(29(26)46)39-21(2)45/h6-15,20,24-27,29-31,46H,5,16-19H2,1-4H3,(H,39,45)(H2,37,40,41,42)/t25?,26?,27-,29?,30-,31-/m0/s1. The summed E-state index contributed by atoms with van der Waals surface area (Å²) in [6.07, 6.45) is 0.155. The van der Waals surface area contributed by atoms with Crippen LogP contribution in [0.3, 0.4) is 0 Å². The molecule has 2 saturated heterocycles. The molecule has 264 valence electrons. The number of likely N-dealkylation sites (N-methyl/N-ethyl adjacent to an activating group) is 1. The van der Waals surface area contributed by atoms with Crippen LogP contribution in [0.5, 0.6) is 0 Å². The van der Waals surface area contributed by atoms with E-state index in [0.717, 1.165) is 11.1 Å². The summed E-state index contributed by atoms with van der Waals surface area (Å²) in [5, 5.41) is 22.3. The van der Waals surface area contributed by atoms with Gasteiger partial charge >= 0.3 is 0 Å². The van der Waals surface area contributed by atoms with E-state index in [2.05, 4.69) is 40.2 Å². The highest BCUT2D eigenvalue weighted by molar-refractivity contribution is 5.93. The van der Waals surface area contributed by atoms with Gasteiger partial charge in [0.2, 0.25) is 11.9 Å². The number of ether oxygens (including phenoxy) is 3. The summed E-state index contributed by atoms with van der Waals surface area (Å²) in [6.45, 7) is 8.00. The van der Waals surface area contributed by atoms with Crippen LogP contribution in [-0.4, -0.2) is 98.5 Å². The first-order valence-corrected chi connectivity index (χ1v) is 17.2. The third-order valence-corrected chi connectivity index (χ3v) is 9.59. The number of rotatable bonds is 11. The van der Waals surface area contributed by atoms with Gasteiger partial charge in [0, 0.05) is 25.9 Å². The van der Waals surface area contributed by atoms with E-state index < -0.39 is 30.1 Å². The summed E-state index contributed by atoms with van der Waals surface area (Å²) in [5.41, 5.74) is 3.13. The number of anilines is 2. The highest BCUT2D eigenvalue weighted by Gasteiger charge is 2.53. The number of amides is 2. The van der Waals surface area contributed by atoms with E-state index in [1.54, 1.807) is 11.0 Å². The number of nitrogens with zero attached hydrogens (tertiary/aromatic N) is 5. The van der Waals surface area contributed by atoms with E-state index in [4.69, 9.17) is 29.2 Å². The van der Waals surface area contributed by atoms with E-state index >= 15 is 0 Å². The molecular weight excluding hydrogens is 640 g/mol. The molecule has 1 aliphatic carbocycles. The summed E-state index contributed by atoms with van der Waals surface area (Å²) < 4.78 is 19.6. The molecule has 2 aliphatic heterocycles. The molecule has 1 saturated carbocycles. The van der Waals surface area contributed by atoms with Gasteiger partial charge in [-0.1, -0.05) is 60.7 Å². The molecule has 50 heavy (non-hydrogen) atoms. The quantitative estimate of drug-likeness (QED) is 0.184. The lowest BCUT2D eigenvalue weighted by atomic mass is 9.91. The molecule has 4 aromatic rings. The van der Waals surface area contributed by atoms with Crippen molar-refractivity contribution in [2.24, 2.45) is 0 Å². The van der Waals surface area contributed by atoms with Gasteiger partial charge in [-0.15, -0.1) is 0 Å². The average Bonchev–Trinajstić information content (AvgIpc) is 3.85. The lowest BCUT2D eigenvalue weighted by molar-refractivity contribution is -0.177. The van der Waals surface area contributed by atoms with E-state index in [9.17, 15) is 14.7 Å². The van der Waals surface area contributed by atoms with Crippen LogP contribution in [0, 0.1) is 0 Å². The molecule has 2 aromatic heterocycles. The van der Waals surface area contributed by atoms with Crippen LogP contribution in [0.25, 0.3) is 11.2 Å². The number of aliphatic hydroxyl groups is 1. The first kappa shape index (κ1) is 33.8. The minimum Gasteiger partial charge on any atom is -0.389 e. The topological polar surface area (TPSA) is 165 Å². The number of nitrogens with one attached hydrogen (secondary N) is 3. The second-order valence-corrected chi connectivity index (χ2v) is 13.5. The fraction of sp³-hybridized carbons (Fsp3) is 0.472. The fourth-order valence-electron chi connectivity index (χ4n) is 7.29. The largest absolute Gasteiger partial charge is 0.389 e. The Hall–Kier alpha value is -4.63.